The van der Waals surface area contributed by atoms with E-state index in [0.29, 0.717) is 0 Å². The Bertz CT molecular complexity index is 953. The van der Waals surface area contributed by atoms with Crippen LogP contribution in [-0.2, 0) is 13.9 Å². The van der Waals surface area contributed by atoms with Crippen molar-refractivity contribution in [2.75, 3.05) is 13.2 Å². The van der Waals surface area contributed by atoms with Gasteiger partial charge >= 0.3 is 7.82 Å². The topological polar surface area (TPSA) is 121 Å². The third kappa shape index (κ3) is 6.71. The maximum Gasteiger partial charge on any atom is 0.470 e. The largest absolute Gasteiger partial charge is 0.470 e. The SMILES string of the molecule is O=C(N[C@H](CF)[C@H](OP(=O)(O)O)c1ccc(-c2ccc(C3CCCN3)nc2)cc1)C(Cl)Cl. The Morgan fingerprint density at radius 3 is 2.44 bits per heavy atom. The molecule has 4 N–H and O–H groups in total. The first-order valence-electron chi connectivity index (χ1n) is 9.86. The molecule has 1 fully saturated rings. The molecule has 0 aliphatic carbocycles. The molecule has 1 amide bonds. The molecule has 32 heavy (non-hydrogen) atoms. The van der Waals surface area contributed by atoms with E-state index in [0.717, 1.165) is 36.2 Å². The highest BCUT2D eigenvalue weighted by molar-refractivity contribution is 7.46. The van der Waals surface area contributed by atoms with Gasteiger partial charge in [-0.3, -0.25) is 14.3 Å². The molecular formula is C20H23Cl2FN3O5P. The van der Waals surface area contributed by atoms with Crippen LogP contribution in [0, 0.1) is 0 Å². The second-order valence-corrected chi connectivity index (χ2v) is 9.62. The van der Waals surface area contributed by atoms with Gasteiger partial charge in [0, 0.05) is 17.8 Å². The van der Waals surface area contributed by atoms with Crippen molar-refractivity contribution >= 4 is 36.9 Å². The van der Waals surface area contributed by atoms with Gasteiger partial charge in [-0.2, -0.15) is 0 Å². The van der Waals surface area contributed by atoms with Crippen LogP contribution in [0.4, 0.5) is 4.39 Å². The van der Waals surface area contributed by atoms with E-state index in [1.165, 1.54) is 12.1 Å². The van der Waals surface area contributed by atoms with Gasteiger partial charge in [-0.15, -0.1) is 0 Å². The Morgan fingerprint density at radius 1 is 1.25 bits per heavy atom. The van der Waals surface area contributed by atoms with Gasteiger partial charge in [-0.1, -0.05) is 53.5 Å². The summed E-state index contributed by atoms with van der Waals surface area (Å²) in [6.45, 7) is -0.191. The number of benzene rings is 1. The Kier molecular flexibility index (Phi) is 8.63. The van der Waals surface area contributed by atoms with E-state index in [9.17, 15) is 23.5 Å². The molecule has 8 nitrogen and oxygen atoms in total. The molecule has 174 valence electrons. The molecule has 2 aromatic rings. The predicted octanol–water partition coefficient (Wildman–Crippen LogP) is 3.58. The van der Waals surface area contributed by atoms with Crippen LogP contribution in [0.5, 0.6) is 0 Å². The van der Waals surface area contributed by atoms with Crippen LogP contribution >= 0.6 is 31.0 Å². The van der Waals surface area contributed by atoms with Crippen LogP contribution < -0.4 is 10.6 Å². The smallest absolute Gasteiger partial charge is 0.345 e. The Morgan fingerprint density at radius 2 is 1.94 bits per heavy atom. The number of nitrogens with zero attached hydrogens (tertiary/aromatic N) is 1. The quantitative estimate of drug-likeness (QED) is 0.303. The van der Waals surface area contributed by atoms with Gasteiger partial charge in [0.05, 0.1) is 11.7 Å². The van der Waals surface area contributed by atoms with Crippen LogP contribution in [0.3, 0.4) is 0 Å². The minimum absolute atomic E-state index is 0.250. The minimum atomic E-state index is -5.01. The summed E-state index contributed by atoms with van der Waals surface area (Å²) in [6.07, 6.45) is 2.44. The van der Waals surface area contributed by atoms with E-state index in [-0.39, 0.29) is 11.6 Å². The number of pyridine rings is 1. The first kappa shape index (κ1) is 25.1. The molecule has 3 rings (SSSR count). The van der Waals surface area contributed by atoms with Crippen molar-refractivity contribution in [1.29, 1.82) is 0 Å². The van der Waals surface area contributed by atoms with Crippen molar-refractivity contribution in [2.45, 2.75) is 35.9 Å². The number of hydrogen-bond acceptors (Lipinski definition) is 5. The lowest BCUT2D eigenvalue weighted by Crippen LogP contribution is -2.43. The lowest BCUT2D eigenvalue weighted by atomic mass is 9.99. The first-order valence-corrected chi connectivity index (χ1v) is 12.3. The molecule has 2 heterocycles. The average Bonchev–Trinajstić information content (AvgIpc) is 3.30. The standard InChI is InChI=1S/C20H23Cl2FN3O5P/c21-19(22)20(27)26-17(10-23)18(31-32(28,29)30)13-5-3-12(4-6-13)14-7-8-16(25-11-14)15-2-1-9-24-15/h3-8,11,15,17-19,24H,1-2,9-10H2,(H,26,27)(H2,28,29,30)/t15?,17-,18-/m1/s1. The van der Waals surface area contributed by atoms with Gasteiger partial charge in [0.1, 0.15) is 12.8 Å². The van der Waals surface area contributed by atoms with Crippen molar-refractivity contribution in [3.8, 4) is 11.1 Å². The number of rotatable bonds is 9. The molecule has 3 atom stereocenters. The average molecular weight is 506 g/mol. The fourth-order valence-corrected chi connectivity index (χ4v) is 4.23. The summed E-state index contributed by atoms with van der Waals surface area (Å²) in [6, 6.07) is 9.19. The van der Waals surface area contributed by atoms with E-state index in [1.54, 1.807) is 18.3 Å². The Balaban J connectivity index is 1.81. The van der Waals surface area contributed by atoms with Crippen molar-refractivity contribution < 1.29 is 28.1 Å². The number of amides is 1. The van der Waals surface area contributed by atoms with Crippen LogP contribution in [0.15, 0.2) is 42.6 Å². The van der Waals surface area contributed by atoms with Crippen molar-refractivity contribution in [2.24, 2.45) is 0 Å². The monoisotopic (exact) mass is 505 g/mol. The summed E-state index contributed by atoms with van der Waals surface area (Å²) in [5.41, 5.74) is 2.86. The number of halogens is 3. The number of alkyl halides is 3. The summed E-state index contributed by atoms with van der Waals surface area (Å²) < 4.78 is 29.9. The maximum absolute atomic E-state index is 13.7. The number of carbonyl (C=O) groups is 1. The van der Waals surface area contributed by atoms with Gasteiger partial charge in [0.15, 0.2) is 4.84 Å². The first-order chi connectivity index (χ1) is 15.2. The highest BCUT2D eigenvalue weighted by Gasteiger charge is 2.33. The zero-order valence-electron chi connectivity index (χ0n) is 16.8. The highest BCUT2D eigenvalue weighted by Crippen LogP contribution is 2.44. The van der Waals surface area contributed by atoms with E-state index in [4.69, 9.17) is 27.7 Å². The number of hydrogen-bond donors (Lipinski definition) is 4. The zero-order valence-corrected chi connectivity index (χ0v) is 19.2. The number of phosphoric acid groups is 1. The van der Waals surface area contributed by atoms with E-state index in [2.05, 4.69) is 15.6 Å². The maximum atomic E-state index is 13.7. The van der Waals surface area contributed by atoms with Gasteiger partial charge in [0.25, 0.3) is 5.91 Å². The van der Waals surface area contributed by atoms with Crippen LogP contribution in [-0.4, -0.2) is 44.8 Å². The van der Waals surface area contributed by atoms with Crippen molar-refractivity contribution in [3.63, 3.8) is 0 Å². The second kappa shape index (κ2) is 11.0. The Hall–Kier alpha value is -1.58. The number of phosphoric ester groups is 1. The van der Waals surface area contributed by atoms with Gasteiger partial charge < -0.3 is 20.4 Å². The molecule has 1 aromatic heterocycles. The summed E-state index contributed by atoms with van der Waals surface area (Å²) in [5, 5.41) is 5.59. The van der Waals surface area contributed by atoms with Gasteiger partial charge in [0.2, 0.25) is 0 Å². The molecule has 1 aliphatic rings. The van der Waals surface area contributed by atoms with Gasteiger partial charge in [-0.25, -0.2) is 8.96 Å². The van der Waals surface area contributed by atoms with Gasteiger partial charge in [-0.05, 0) is 36.6 Å². The van der Waals surface area contributed by atoms with Crippen LogP contribution in [0.2, 0.25) is 0 Å². The molecule has 0 bridgehead atoms. The second-order valence-electron chi connectivity index (χ2n) is 7.33. The molecule has 1 aromatic carbocycles. The van der Waals surface area contributed by atoms with Crippen LogP contribution in [0.1, 0.15) is 36.2 Å². The summed E-state index contributed by atoms with van der Waals surface area (Å²) >= 11 is 11.0. The molecule has 1 unspecified atom stereocenters. The minimum Gasteiger partial charge on any atom is -0.345 e. The van der Waals surface area contributed by atoms with Crippen molar-refractivity contribution in [3.05, 3.63) is 53.9 Å². The summed E-state index contributed by atoms with van der Waals surface area (Å²) in [7, 11) is -5.01. The van der Waals surface area contributed by atoms with E-state index < -0.39 is 37.4 Å². The number of aromatic nitrogens is 1. The lowest BCUT2D eigenvalue weighted by Gasteiger charge is -2.27. The third-order valence-electron chi connectivity index (χ3n) is 5.08. The fraction of sp³-hybridized carbons (Fsp3) is 0.400. The highest BCUT2D eigenvalue weighted by atomic mass is 35.5. The molecular weight excluding hydrogens is 483 g/mol. The summed E-state index contributed by atoms with van der Waals surface area (Å²) in [5.74, 6) is -0.908. The van der Waals surface area contributed by atoms with Crippen LogP contribution in [0.25, 0.3) is 11.1 Å². The third-order valence-corrected chi connectivity index (χ3v) is 5.98. The number of carbonyl (C=O) groups excluding carboxylic acids is 1. The predicted molar refractivity (Wildman–Crippen MR) is 119 cm³/mol. The summed E-state index contributed by atoms with van der Waals surface area (Å²) in [4.78, 5) is 33.4. The molecule has 0 radical (unpaired) electrons. The normalized spacial score (nSPS) is 18.5. The van der Waals surface area contributed by atoms with E-state index in [1.807, 2.05) is 12.1 Å². The van der Waals surface area contributed by atoms with Crippen molar-refractivity contribution in [1.82, 2.24) is 15.6 Å². The molecule has 1 aliphatic heterocycles. The lowest BCUT2D eigenvalue weighted by molar-refractivity contribution is -0.121. The van der Waals surface area contributed by atoms with E-state index >= 15 is 0 Å². The number of nitrogens with one attached hydrogen (secondary N) is 2. The molecule has 0 spiro atoms. The molecule has 12 heteroatoms. The Labute approximate surface area is 194 Å². The molecule has 0 saturated carbocycles. The fourth-order valence-electron chi connectivity index (χ4n) is 3.54. The molecule has 1 saturated heterocycles. The zero-order chi connectivity index (χ0) is 23.3.